The van der Waals surface area contributed by atoms with Gasteiger partial charge in [-0.1, -0.05) is 6.08 Å². The number of phosphoric acid groups is 1. The first-order valence-electron chi connectivity index (χ1n) is 2.96. The fraction of sp³-hybridized carbons (Fsp3) is 0.600. The summed E-state index contributed by atoms with van der Waals surface area (Å²) in [5.41, 5.74) is 0. The van der Waals surface area contributed by atoms with Gasteiger partial charge in [-0.3, -0.25) is 0 Å². The summed E-state index contributed by atoms with van der Waals surface area (Å²) in [6.07, 6.45) is 0.921. The third-order valence-corrected chi connectivity index (χ3v) is 0.455. The largest absolute Gasteiger partial charge is 0.466 e. The first kappa shape index (κ1) is 14.3. The minimum atomic E-state index is -4.64. The summed E-state index contributed by atoms with van der Waals surface area (Å²) < 4.78 is 13.5. The molecule has 74 valence electrons. The van der Waals surface area contributed by atoms with Crippen molar-refractivity contribution in [1.29, 1.82) is 0 Å². The molecule has 0 rings (SSSR count). The predicted molar refractivity (Wildman–Crippen MR) is 42.1 cm³/mol. The molecule has 0 aliphatic heterocycles. The molecule has 6 nitrogen and oxygen atoms in total. The number of aliphatic hydroxyl groups is 1. The van der Waals surface area contributed by atoms with Gasteiger partial charge < -0.3 is 24.5 Å². The number of aliphatic hydroxyl groups excluding tert-OH is 1. The van der Waals surface area contributed by atoms with Gasteiger partial charge in [0.1, 0.15) is 0 Å². The standard InChI is InChI=1S/C5H10O2.H3O4P/c1-3-4-7-5(2)6;1-5(2,3)4/h3,5-6H,1,4H2,2H3;(H3,1,2,3,4). The molecule has 0 saturated carbocycles. The van der Waals surface area contributed by atoms with E-state index in [0.717, 1.165) is 0 Å². The maximum atomic E-state index is 8.88. The molecule has 0 saturated heterocycles. The summed E-state index contributed by atoms with van der Waals surface area (Å²) in [6.45, 7) is 5.37. The van der Waals surface area contributed by atoms with E-state index in [1.165, 1.54) is 0 Å². The lowest BCUT2D eigenvalue weighted by Crippen LogP contribution is -2.04. The molecule has 12 heavy (non-hydrogen) atoms. The van der Waals surface area contributed by atoms with Crippen molar-refractivity contribution in [3.8, 4) is 0 Å². The first-order chi connectivity index (χ1) is 5.27. The quantitative estimate of drug-likeness (QED) is 0.280. The van der Waals surface area contributed by atoms with Crippen LogP contribution in [-0.2, 0) is 9.30 Å². The Balaban J connectivity index is 0. The van der Waals surface area contributed by atoms with Crippen molar-refractivity contribution >= 4 is 7.82 Å². The Morgan fingerprint density at radius 1 is 1.58 bits per heavy atom. The number of hydrogen-bond donors (Lipinski definition) is 4. The Labute approximate surface area is 70.4 Å². The lowest BCUT2D eigenvalue weighted by Gasteiger charge is -2.00. The number of rotatable bonds is 3. The molecule has 0 heterocycles. The molecule has 0 bridgehead atoms. The highest BCUT2D eigenvalue weighted by molar-refractivity contribution is 7.45. The van der Waals surface area contributed by atoms with E-state index in [1.54, 1.807) is 13.0 Å². The molecule has 4 N–H and O–H groups in total. The Morgan fingerprint density at radius 3 is 2.00 bits per heavy atom. The van der Waals surface area contributed by atoms with Crippen molar-refractivity contribution in [3.63, 3.8) is 0 Å². The maximum Gasteiger partial charge on any atom is 0.466 e. The van der Waals surface area contributed by atoms with E-state index in [4.69, 9.17) is 24.4 Å². The Hall–Kier alpha value is -0.230. The van der Waals surface area contributed by atoms with Crippen LogP contribution in [0.15, 0.2) is 12.7 Å². The van der Waals surface area contributed by atoms with Gasteiger partial charge in [-0.15, -0.1) is 6.58 Å². The van der Waals surface area contributed by atoms with E-state index in [1.807, 2.05) is 0 Å². The van der Waals surface area contributed by atoms with E-state index in [2.05, 4.69) is 11.3 Å². The molecule has 0 fully saturated rings. The van der Waals surface area contributed by atoms with Gasteiger partial charge in [0, 0.05) is 0 Å². The smallest absolute Gasteiger partial charge is 0.368 e. The lowest BCUT2D eigenvalue weighted by atomic mass is 10.7. The molecule has 0 aromatic carbocycles. The molecule has 1 unspecified atom stereocenters. The Kier molecular flexibility index (Phi) is 8.84. The maximum absolute atomic E-state index is 8.88. The van der Waals surface area contributed by atoms with Crippen molar-refractivity contribution in [2.75, 3.05) is 6.61 Å². The molecular weight excluding hydrogens is 187 g/mol. The monoisotopic (exact) mass is 200 g/mol. The molecule has 7 heteroatoms. The van der Waals surface area contributed by atoms with Crippen LogP contribution >= 0.6 is 7.82 Å². The van der Waals surface area contributed by atoms with Crippen molar-refractivity contribution in [3.05, 3.63) is 12.7 Å². The van der Waals surface area contributed by atoms with Crippen LogP contribution < -0.4 is 0 Å². The van der Waals surface area contributed by atoms with Crippen LogP contribution in [0.2, 0.25) is 0 Å². The predicted octanol–water partition coefficient (Wildman–Crippen LogP) is -0.401. The average Bonchev–Trinajstić information content (AvgIpc) is 1.79. The zero-order valence-electron chi connectivity index (χ0n) is 6.62. The molecular formula is C5H13O6P. The third-order valence-electron chi connectivity index (χ3n) is 0.455. The van der Waals surface area contributed by atoms with Crippen molar-refractivity contribution < 1.29 is 29.1 Å². The van der Waals surface area contributed by atoms with E-state index >= 15 is 0 Å². The second-order valence-electron chi connectivity index (χ2n) is 1.73. The van der Waals surface area contributed by atoms with Crippen LogP contribution in [0.4, 0.5) is 0 Å². The molecule has 0 radical (unpaired) electrons. The zero-order valence-corrected chi connectivity index (χ0v) is 7.52. The minimum absolute atomic E-state index is 0.414. The van der Waals surface area contributed by atoms with Crippen LogP contribution in [-0.4, -0.2) is 32.7 Å². The Morgan fingerprint density at radius 2 is 1.92 bits per heavy atom. The highest BCUT2D eigenvalue weighted by Crippen LogP contribution is 2.25. The summed E-state index contributed by atoms with van der Waals surface area (Å²) in [5, 5.41) is 8.41. The molecule has 0 aliphatic rings. The van der Waals surface area contributed by atoms with Gasteiger partial charge in [0.05, 0.1) is 6.61 Å². The van der Waals surface area contributed by atoms with E-state index < -0.39 is 14.1 Å². The second-order valence-corrected chi connectivity index (χ2v) is 2.76. The summed E-state index contributed by atoms with van der Waals surface area (Å²) in [7, 11) is -4.64. The zero-order chi connectivity index (χ0) is 10.2. The van der Waals surface area contributed by atoms with E-state index in [0.29, 0.717) is 6.61 Å². The van der Waals surface area contributed by atoms with Gasteiger partial charge in [-0.25, -0.2) is 4.57 Å². The minimum Gasteiger partial charge on any atom is -0.368 e. The topological polar surface area (TPSA) is 107 Å². The molecule has 1 atom stereocenters. The fourth-order valence-corrected chi connectivity index (χ4v) is 0.207. The van der Waals surface area contributed by atoms with Gasteiger partial charge in [0.25, 0.3) is 0 Å². The summed E-state index contributed by atoms with van der Waals surface area (Å²) in [4.78, 5) is 21.6. The third kappa shape index (κ3) is 52.9. The van der Waals surface area contributed by atoms with Crippen LogP contribution in [0.1, 0.15) is 6.92 Å². The molecule has 0 spiro atoms. The normalized spacial score (nSPS) is 12.8. The van der Waals surface area contributed by atoms with Crippen LogP contribution in [0.5, 0.6) is 0 Å². The van der Waals surface area contributed by atoms with Crippen molar-refractivity contribution in [1.82, 2.24) is 0 Å². The van der Waals surface area contributed by atoms with Gasteiger partial charge in [0.2, 0.25) is 0 Å². The SMILES string of the molecule is C=CCOC(C)O.O=P(O)(O)O. The van der Waals surface area contributed by atoms with Gasteiger partial charge in [0.15, 0.2) is 6.29 Å². The summed E-state index contributed by atoms with van der Waals surface area (Å²) in [6, 6.07) is 0. The Bertz CT molecular complexity index is 142. The fourth-order valence-electron chi connectivity index (χ4n) is 0.207. The van der Waals surface area contributed by atoms with Gasteiger partial charge >= 0.3 is 7.82 Å². The van der Waals surface area contributed by atoms with Crippen molar-refractivity contribution in [2.45, 2.75) is 13.2 Å². The second kappa shape index (κ2) is 7.42. The van der Waals surface area contributed by atoms with E-state index in [-0.39, 0.29) is 0 Å². The summed E-state index contributed by atoms with van der Waals surface area (Å²) in [5.74, 6) is 0. The highest BCUT2D eigenvalue weighted by Gasteiger charge is 2.00. The summed E-state index contributed by atoms with van der Waals surface area (Å²) >= 11 is 0. The van der Waals surface area contributed by atoms with Crippen molar-refractivity contribution in [2.24, 2.45) is 0 Å². The number of ether oxygens (including phenoxy) is 1. The first-order valence-corrected chi connectivity index (χ1v) is 4.52. The van der Waals surface area contributed by atoms with Gasteiger partial charge in [-0.2, -0.15) is 0 Å². The van der Waals surface area contributed by atoms with Gasteiger partial charge in [-0.05, 0) is 6.92 Å². The number of hydrogen-bond acceptors (Lipinski definition) is 3. The van der Waals surface area contributed by atoms with Crippen LogP contribution in [0, 0.1) is 0 Å². The molecule has 0 aromatic heterocycles. The average molecular weight is 200 g/mol. The van der Waals surface area contributed by atoms with E-state index in [9.17, 15) is 0 Å². The molecule has 0 aliphatic carbocycles. The lowest BCUT2D eigenvalue weighted by molar-refractivity contribution is -0.0739. The highest BCUT2D eigenvalue weighted by atomic mass is 31.2. The van der Waals surface area contributed by atoms with Crippen LogP contribution in [0.25, 0.3) is 0 Å². The van der Waals surface area contributed by atoms with Crippen LogP contribution in [0.3, 0.4) is 0 Å². The molecule has 0 amide bonds. The molecule has 0 aromatic rings.